The number of carbonyl (C=O) groups excluding carboxylic acids is 5. The quantitative estimate of drug-likeness (QED) is 0.171. The van der Waals surface area contributed by atoms with Crippen molar-refractivity contribution in [3.8, 4) is 0 Å². The normalized spacial score (nSPS) is 28.4. The van der Waals surface area contributed by atoms with Gasteiger partial charge in [0.1, 0.15) is 12.1 Å². The minimum absolute atomic E-state index is 0.0147. The van der Waals surface area contributed by atoms with Crippen molar-refractivity contribution < 1.29 is 32.4 Å². The first-order valence-electron chi connectivity index (χ1n) is 21.1. The lowest BCUT2D eigenvalue weighted by Gasteiger charge is -2.44. The Morgan fingerprint density at radius 2 is 1.44 bits per heavy atom. The molecule has 1 aliphatic heterocycles. The summed E-state index contributed by atoms with van der Waals surface area (Å²) in [6.45, 7) is 12.0. The maximum absolute atomic E-state index is 15.0. The molecule has 304 valence electrons. The Balaban J connectivity index is 1.24. The van der Waals surface area contributed by atoms with Gasteiger partial charge in [0.25, 0.3) is 5.91 Å². The van der Waals surface area contributed by atoms with Gasteiger partial charge in [-0.15, -0.1) is 0 Å². The zero-order chi connectivity index (χ0) is 39.3. The van der Waals surface area contributed by atoms with Gasteiger partial charge in [-0.1, -0.05) is 85.5 Å². The summed E-state index contributed by atoms with van der Waals surface area (Å²) in [6, 6.07) is -3.28. The lowest BCUT2D eigenvalue weighted by Crippen LogP contribution is -2.65. The van der Waals surface area contributed by atoms with Crippen LogP contribution in [0.1, 0.15) is 151 Å². The zero-order valence-electron chi connectivity index (χ0n) is 33.7. The third kappa shape index (κ3) is 8.36. The third-order valence-corrected chi connectivity index (χ3v) is 17.8. The second kappa shape index (κ2) is 15.3. The number of carbonyl (C=O) groups is 5. The number of rotatable bonds is 15. The molecule has 1 saturated heterocycles. The van der Waals surface area contributed by atoms with E-state index in [4.69, 9.17) is 0 Å². The minimum atomic E-state index is -3.57. The highest BCUT2D eigenvalue weighted by Crippen LogP contribution is 2.65. The molecule has 5 aliphatic carbocycles. The molecular weight excluding hydrogens is 707 g/mol. The lowest BCUT2D eigenvalue weighted by atomic mass is 9.70. The molecule has 6 rings (SSSR count). The van der Waals surface area contributed by atoms with E-state index < -0.39 is 67.3 Å². The fraction of sp³-hybridized carbons (Fsp3) is 0.878. The van der Waals surface area contributed by atoms with Crippen LogP contribution < -0.4 is 21.3 Å². The average molecular weight is 774 g/mol. The molecule has 0 aromatic rings. The van der Waals surface area contributed by atoms with Crippen molar-refractivity contribution in [1.82, 2.24) is 26.2 Å². The molecule has 54 heavy (non-hydrogen) atoms. The predicted molar refractivity (Wildman–Crippen MR) is 207 cm³/mol. The summed E-state index contributed by atoms with van der Waals surface area (Å²) in [5.41, 5.74) is -1.70. The number of piperidine rings is 1. The highest BCUT2D eigenvalue weighted by molar-refractivity contribution is 7.92. The molecule has 5 atom stereocenters. The van der Waals surface area contributed by atoms with Gasteiger partial charge >= 0.3 is 6.03 Å². The van der Waals surface area contributed by atoms with Crippen molar-refractivity contribution in [3.05, 3.63) is 0 Å². The highest BCUT2D eigenvalue weighted by atomic mass is 32.2. The van der Waals surface area contributed by atoms with Crippen molar-refractivity contribution in [2.75, 3.05) is 12.3 Å². The Morgan fingerprint density at radius 1 is 0.833 bits per heavy atom. The van der Waals surface area contributed by atoms with Crippen LogP contribution in [0.2, 0.25) is 0 Å². The summed E-state index contributed by atoms with van der Waals surface area (Å²) >= 11 is 0. The summed E-state index contributed by atoms with van der Waals surface area (Å²) in [6.07, 6.45) is 13.5. The summed E-state index contributed by atoms with van der Waals surface area (Å²) in [5, 5.41) is 12.0. The zero-order valence-corrected chi connectivity index (χ0v) is 34.5. The predicted octanol–water partition coefficient (Wildman–Crippen LogP) is 4.94. The molecule has 6 aliphatic rings. The van der Waals surface area contributed by atoms with Crippen LogP contribution in [0.25, 0.3) is 0 Å². The van der Waals surface area contributed by atoms with E-state index in [0.717, 1.165) is 83.5 Å². The molecule has 0 radical (unpaired) electrons. The lowest BCUT2D eigenvalue weighted by molar-refractivity contribution is -0.146. The maximum Gasteiger partial charge on any atom is 0.315 e. The largest absolute Gasteiger partial charge is 0.347 e. The van der Waals surface area contributed by atoms with E-state index in [9.17, 15) is 27.6 Å². The van der Waals surface area contributed by atoms with E-state index in [1.807, 2.05) is 13.8 Å². The molecular formula is C41H67N5O7S. The van der Waals surface area contributed by atoms with E-state index in [1.165, 1.54) is 0 Å². The van der Waals surface area contributed by atoms with Crippen LogP contribution in [-0.2, 0) is 29.0 Å². The molecule has 5 amide bonds. The van der Waals surface area contributed by atoms with E-state index in [2.05, 4.69) is 35.1 Å². The van der Waals surface area contributed by atoms with Crippen LogP contribution in [0.5, 0.6) is 0 Å². The number of nitrogens with zero attached hydrogens (tertiary/aromatic N) is 1. The van der Waals surface area contributed by atoms with Gasteiger partial charge in [-0.25, -0.2) is 13.2 Å². The van der Waals surface area contributed by atoms with Gasteiger partial charge in [0, 0.05) is 12.6 Å². The van der Waals surface area contributed by atoms with Crippen LogP contribution in [0.3, 0.4) is 0 Å². The number of hydrogen-bond acceptors (Lipinski definition) is 7. The molecule has 0 aromatic heterocycles. The first kappa shape index (κ1) is 40.9. The Kier molecular flexibility index (Phi) is 11.6. The molecule has 0 spiro atoms. The van der Waals surface area contributed by atoms with Crippen molar-refractivity contribution in [3.63, 3.8) is 0 Å². The molecule has 0 aromatic carbocycles. The third-order valence-electron chi connectivity index (χ3n) is 14.9. The number of likely N-dealkylation sites (tertiary alicyclic amines) is 1. The SMILES string of the molecule is CCC(C)(C)S(=O)(=O)CC1(NC(=O)N[C@H](C(=O)N2CC3C([C@H]2C(=O)NC(CC2CCC2)C(=O)C(=O)NC2CC2)C3(C)C)C2(C)CCCCC2)CCCCC1. The van der Waals surface area contributed by atoms with Gasteiger partial charge in [-0.05, 0) is 93.8 Å². The van der Waals surface area contributed by atoms with E-state index in [-0.39, 0.29) is 40.9 Å². The molecule has 5 saturated carbocycles. The van der Waals surface area contributed by atoms with E-state index in [0.29, 0.717) is 32.2 Å². The first-order chi connectivity index (χ1) is 25.3. The number of nitrogens with one attached hydrogen (secondary N) is 4. The molecule has 0 bridgehead atoms. The second-order valence-corrected chi connectivity index (χ2v) is 22.2. The van der Waals surface area contributed by atoms with Crippen LogP contribution in [0, 0.1) is 28.6 Å². The fourth-order valence-corrected chi connectivity index (χ4v) is 12.0. The average Bonchev–Trinajstić information content (AvgIpc) is 3.95. The van der Waals surface area contributed by atoms with Crippen molar-refractivity contribution >= 4 is 39.4 Å². The van der Waals surface area contributed by atoms with Gasteiger partial charge in [0.2, 0.25) is 17.6 Å². The number of sulfone groups is 1. The van der Waals surface area contributed by atoms with Crippen molar-refractivity contribution in [2.45, 2.75) is 185 Å². The molecule has 13 heteroatoms. The Morgan fingerprint density at radius 3 is 2.00 bits per heavy atom. The number of hydrogen-bond donors (Lipinski definition) is 4. The van der Waals surface area contributed by atoms with Crippen molar-refractivity contribution in [2.24, 2.45) is 28.6 Å². The topological polar surface area (TPSA) is 171 Å². The maximum atomic E-state index is 15.0. The Bertz CT molecular complexity index is 1570. The van der Waals surface area contributed by atoms with E-state index in [1.54, 1.807) is 18.7 Å². The Labute approximate surface area is 323 Å². The standard InChI is InChI=1S/C41H67N5O7S/c1-7-38(2,3)54(52,53)25-41(21-12-9-13-22-41)45-37(51)44-33(40(6)19-10-8-11-20-40)36(50)46-24-28-30(39(28,4)5)31(46)34(48)43-29(23-26-15-14-16-26)32(47)35(49)42-27-17-18-27/h26-31,33H,7-25H2,1-6H3,(H,42,49)(H,43,48)(H2,44,45,51)/t28?,29?,30?,31-,33+/m0/s1. The molecule has 4 N–H and O–H groups in total. The van der Waals surface area contributed by atoms with E-state index >= 15 is 4.79 Å². The number of fused-ring (bicyclic) bond motifs is 1. The van der Waals surface area contributed by atoms with Gasteiger partial charge < -0.3 is 26.2 Å². The molecule has 1 heterocycles. The van der Waals surface area contributed by atoms with Crippen LogP contribution in [0.15, 0.2) is 0 Å². The second-order valence-electron chi connectivity index (χ2n) is 19.6. The minimum Gasteiger partial charge on any atom is -0.347 e. The molecule has 3 unspecified atom stereocenters. The monoisotopic (exact) mass is 773 g/mol. The van der Waals surface area contributed by atoms with Crippen molar-refractivity contribution in [1.29, 1.82) is 0 Å². The highest BCUT2D eigenvalue weighted by Gasteiger charge is 2.70. The van der Waals surface area contributed by atoms with Crippen LogP contribution in [-0.4, -0.2) is 89.6 Å². The summed E-state index contributed by atoms with van der Waals surface area (Å²) < 4.78 is 26.5. The molecule has 6 fully saturated rings. The first-order valence-corrected chi connectivity index (χ1v) is 22.7. The number of Topliss-reactive ketones (excluding diaryl/α,β-unsaturated/α-hetero) is 1. The van der Waals surface area contributed by atoms with Gasteiger partial charge in [0.15, 0.2) is 9.84 Å². The van der Waals surface area contributed by atoms with Crippen LogP contribution >= 0.6 is 0 Å². The summed E-state index contributed by atoms with van der Waals surface area (Å²) in [5.74, 6) is -1.95. The summed E-state index contributed by atoms with van der Waals surface area (Å²) in [7, 11) is -3.57. The summed E-state index contributed by atoms with van der Waals surface area (Å²) in [4.78, 5) is 71.7. The van der Waals surface area contributed by atoms with Gasteiger partial charge in [-0.2, -0.15) is 0 Å². The molecule has 12 nitrogen and oxygen atoms in total. The number of amides is 5. The van der Waals surface area contributed by atoms with Gasteiger partial charge in [-0.3, -0.25) is 19.2 Å². The smallest absolute Gasteiger partial charge is 0.315 e. The number of urea groups is 1. The number of ketones is 1. The van der Waals surface area contributed by atoms with Gasteiger partial charge in [0.05, 0.1) is 22.1 Å². The fourth-order valence-electron chi connectivity index (χ4n) is 10.1. The Hall–Kier alpha value is -2.70. The van der Waals surface area contributed by atoms with Crippen LogP contribution in [0.4, 0.5) is 4.79 Å².